The van der Waals surface area contributed by atoms with Gasteiger partial charge in [-0.1, -0.05) is 11.8 Å². The summed E-state index contributed by atoms with van der Waals surface area (Å²) in [5.41, 5.74) is -0.991. The van der Waals surface area contributed by atoms with E-state index >= 15 is 0 Å². The molecule has 31 heavy (non-hydrogen) atoms. The number of nitrogens with zero attached hydrogens (tertiary/aromatic N) is 1. The summed E-state index contributed by atoms with van der Waals surface area (Å²) in [5, 5.41) is 20.6. The Balaban J connectivity index is 0.00000233. The van der Waals surface area contributed by atoms with Gasteiger partial charge in [0, 0.05) is 24.2 Å². The van der Waals surface area contributed by atoms with Gasteiger partial charge in [0.25, 0.3) is 18.2 Å². The highest BCUT2D eigenvalue weighted by Crippen LogP contribution is 2.20. The highest BCUT2D eigenvalue weighted by molar-refractivity contribution is 5.97. The van der Waals surface area contributed by atoms with Gasteiger partial charge in [-0.05, 0) is 31.2 Å². The van der Waals surface area contributed by atoms with Gasteiger partial charge in [-0.3, -0.25) is 19.7 Å². The van der Waals surface area contributed by atoms with Crippen LogP contribution in [0.1, 0.15) is 22.8 Å². The summed E-state index contributed by atoms with van der Waals surface area (Å²) in [6, 6.07) is 3.92. The molecule has 1 saturated heterocycles. The maximum atomic E-state index is 13.0. The fourth-order valence-electron chi connectivity index (χ4n) is 2.60. The van der Waals surface area contributed by atoms with E-state index in [1.54, 1.807) is 12.1 Å². The van der Waals surface area contributed by atoms with E-state index in [1.807, 2.05) is 5.32 Å². The lowest BCUT2D eigenvalue weighted by atomic mass is 9.95. The molecular weight excluding hydrogens is 412 g/mol. The normalized spacial score (nSPS) is 16.6. The lowest BCUT2D eigenvalue weighted by Crippen LogP contribution is -2.61. The van der Waals surface area contributed by atoms with Crippen LogP contribution in [0.5, 0.6) is 0 Å². The molecule has 0 aliphatic carbocycles. The zero-order chi connectivity index (χ0) is 23.4. The molecule has 1 heterocycles. The summed E-state index contributed by atoms with van der Waals surface area (Å²) in [7, 11) is 0. The summed E-state index contributed by atoms with van der Waals surface area (Å²) in [6.07, 6.45) is -3.34. The van der Waals surface area contributed by atoms with Gasteiger partial charge in [0.15, 0.2) is 5.60 Å². The average Bonchev–Trinajstić information content (AvgIpc) is 2.79. The largest absolute Gasteiger partial charge is 0.381 e. The molecular formula is C21H27F2N3O5. The molecule has 2 atom stereocenters. The van der Waals surface area contributed by atoms with Gasteiger partial charge in [-0.25, -0.2) is 14.3 Å². The smallest absolute Gasteiger partial charge is 0.269 e. The number of hydroxylamine groups is 1. The van der Waals surface area contributed by atoms with Crippen molar-refractivity contribution in [3.05, 3.63) is 48.6 Å². The third-order valence-electron chi connectivity index (χ3n) is 4.46. The van der Waals surface area contributed by atoms with Crippen molar-refractivity contribution in [2.45, 2.75) is 25.0 Å². The standard InChI is InChI=1S/C19H23F2N3O5.C2H4/c1-19(27,18(20)21)15(17(26)23-28)22-16(25)14-6-4-13(5-7-14)3-2-8-24-9-11-29-12-10-24;1-2/h4-7,15,18,27-28H,8-12H2,1H3,(H,22,25)(H,23,26);1-2H2. The molecule has 10 heteroatoms. The molecule has 0 bridgehead atoms. The number of nitrogens with one attached hydrogen (secondary N) is 2. The number of hydrogen-bond acceptors (Lipinski definition) is 6. The number of halogens is 2. The Kier molecular flexibility index (Phi) is 10.8. The number of morpholine rings is 1. The lowest BCUT2D eigenvalue weighted by molar-refractivity contribution is -0.149. The molecule has 8 nitrogen and oxygen atoms in total. The lowest BCUT2D eigenvalue weighted by Gasteiger charge is -2.30. The van der Waals surface area contributed by atoms with E-state index in [0.29, 0.717) is 32.2 Å². The Hall–Kier alpha value is -2.84. The summed E-state index contributed by atoms with van der Waals surface area (Å²) in [4.78, 5) is 26.1. The van der Waals surface area contributed by atoms with Gasteiger partial charge in [0.2, 0.25) is 0 Å². The number of alkyl halides is 2. The van der Waals surface area contributed by atoms with Crippen LogP contribution < -0.4 is 10.8 Å². The van der Waals surface area contributed by atoms with Crippen LogP contribution in [0.4, 0.5) is 8.78 Å². The first-order valence-electron chi connectivity index (χ1n) is 9.40. The third kappa shape index (κ3) is 7.73. The second-order valence-corrected chi connectivity index (χ2v) is 6.68. The number of amides is 2. The maximum Gasteiger partial charge on any atom is 0.269 e. The first-order valence-corrected chi connectivity index (χ1v) is 9.40. The first-order chi connectivity index (χ1) is 14.8. The van der Waals surface area contributed by atoms with E-state index in [-0.39, 0.29) is 5.56 Å². The van der Waals surface area contributed by atoms with Crippen molar-refractivity contribution in [2.75, 3.05) is 32.8 Å². The fourth-order valence-corrected chi connectivity index (χ4v) is 2.60. The van der Waals surface area contributed by atoms with Gasteiger partial charge in [0.05, 0.1) is 19.8 Å². The van der Waals surface area contributed by atoms with E-state index in [1.165, 1.54) is 17.6 Å². The second-order valence-electron chi connectivity index (χ2n) is 6.68. The number of rotatable bonds is 6. The molecule has 0 saturated carbocycles. The molecule has 1 aliphatic heterocycles. The number of benzene rings is 1. The van der Waals surface area contributed by atoms with Gasteiger partial charge in [-0.2, -0.15) is 0 Å². The van der Waals surface area contributed by atoms with Crippen LogP contribution >= 0.6 is 0 Å². The third-order valence-corrected chi connectivity index (χ3v) is 4.46. The molecule has 2 amide bonds. The number of hydrogen-bond donors (Lipinski definition) is 4. The molecule has 0 aromatic heterocycles. The summed E-state index contributed by atoms with van der Waals surface area (Å²) < 4.78 is 31.3. The zero-order valence-corrected chi connectivity index (χ0v) is 17.2. The van der Waals surface area contributed by atoms with Crippen LogP contribution in [0.15, 0.2) is 37.4 Å². The summed E-state index contributed by atoms with van der Waals surface area (Å²) >= 11 is 0. The van der Waals surface area contributed by atoms with Crippen LogP contribution in [0, 0.1) is 11.8 Å². The summed E-state index contributed by atoms with van der Waals surface area (Å²) in [6.45, 7) is 10.3. The van der Waals surface area contributed by atoms with Gasteiger partial charge < -0.3 is 15.2 Å². The van der Waals surface area contributed by atoms with Gasteiger partial charge in [-0.15, -0.1) is 13.2 Å². The number of ether oxygens (including phenoxy) is 1. The molecule has 1 aromatic rings. The second kappa shape index (κ2) is 12.8. The van der Waals surface area contributed by atoms with E-state index in [2.05, 4.69) is 29.9 Å². The minimum Gasteiger partial charge on any atom is -0.381 e. The van der Waals surface area contributed by atoms with Crippen LogP contribution in [-0.4, -0.2) is 77.9 Å². The topological polar surface area (TPSA) is 111 Å². The molecule has 2 unspecified atom stereocenters. The Labute approximate surface area is 179 Å². The Morgan fingerprint density at radius 1 is 1.26 bits per heavy atom. The van der Waals surface area contributed by atoms with Crippen molar-refractivity contribution in [1.29, 1.82) is 0 Å². The number of carbonyl (C=O) groups excluding carboxylic acids is 2. The van der Waals surface area contributed by atoms with Crippen molar-refractivity contribution >= 4 is 11.8 Å². The highest BCUT2D eigenvalue weighted by Gasteiger charge is 2.46. The van der Waals surface area contributed by atoms with Crippen LogP contribution in [-0.2, 0) is 9.53 Å². The molecule has 0 spiro atoms. The minimum absolute atomic E-state index is 0.0736. The number of carbonyl (C=O) groups is 2. The monoisotopic (exact) mass is 439 g/mol. The maximum absolute atomic E-state index is 13.0. The van der Waals surface area contributed by atoms with Crippen LogP contribution in [0.25, 0.3) is 0 Å². The molecule has 1 fully saturated rings. The number of aliphatic hydroxyl groups is 1. The van der Waals surface area contributed by atoms with E-state index < -0.39 is 29.9 Å². The average molecular weight is 439 g/mol. The fraction of sp³-hybridized carbons (Fsp3) is 0.429. The Morgan fingerprint density at radius 2 is 1.84 bits per heavy atom. The zero-order valence-electron chi connectivity index (χ0n) is 17.2. The van der Waals surface area contributed by atoms with Crippen LogP contribution in [0.2, 0.25) is 0 Å². The predicted molar refractivity (Wildman–Crippen MR) is 110 cm³/mol. The van der Waals surface area contributed by atoms with Crippen molar-refractivity contribution in [2.24, 2.45) is 0 Å². The summed E-state index contributed by atoms with van der Waals surface area (Å²) in [5.74, 6) is 3.76. The molecule has 170 valence electrons. The van der Waals surface area contributed by atoms with Crippen molar-refractivity contribution in [1.82, 2.24) is 15.7 Å². The Bertz CT molecular complexity index is 784. The van der Waals surface area contributed by atoms with Crippen molar-refractivity contribution < 1.29 is 33.4 Å². The van der Waals surface area contributed by atoms with E-state index in [0.717, 1.165) is 13.1 Å². The van der Waals surface area contributed by atoms with Gasteiger partial charge >= 0.3 is 0 Å². The minimum atomic E-state index is -3.34. The molecule has 0 radical (unpaired) electrons. The predicted octanol–water partition coefficient (Wildman–Crippen LogP) is 0.792. The SMILES string of the molecule is C=C.CC(O)(C(F)F)C(NC(=O)c1ccc(C#CCN2CCOCC2)cc1)C(=O)NO. The molecule has 2 rings (SSSR count). The van der Waals surface area contributed by atoms with Gasteiger partial charge in [0.1, 0.15) is 6.04 Å². The quantitative estimate of drug-likeness (QED) is 0.226. The molecule has 4 N–H and O–H groups in total. The van der Waals surface area contributed by atoms with E-state index in [9.17, 15) is 23.5 Å². The van der Waals surface area contributed by atoms with Crippen molar-refractivity contribution in [3.63, 3.8) is 0 Å². The molecule has 1 aromatic carbocycles. The van der Waals surface area contributed by atoms with Crippen LogP contribution in [0.3, 0.4) is 0 Å². The highest BCUT2D eigenvalue weighted by atomic mass is 19.3. The van der Waals surface area contributed by atoms with E-state index in [4.69, 9.17) is 9.94 Å². The molecule has 1 aliphatic rings. The van der Waals surface area contributed by atoms with Crippen molar-refractivity contribution in [3.8, 4) is 11.8 Å². The Morgan fingerprint density at radius 3 is 2.35 bits per heavy atom. The first kappa shape index (κ1) is 26.2.